The van der Waals surface area contributed by atoms with Crippen molar-refractivity contribution in [2.75, 3.05) is 0 Å². The van der Waals surface area contributed by atoms with E-state index in [1.54, 1.807) is 18.3 Å². The Kier molecular flexibility index (Phi) is 4.13. The zero-order valence-corrected chi connectivity index (χ0v) is 10.6. The quantitative estimate of drug-likeness (QED) is 0.915. The van der Waals surface area contributed by atoms with Crippen LogP contribution in [-0.2, 0) is 11.2 Å². The van der Waals surface area contributed by atoms with Gasteiger partial charge in [-0.2, -0.15) is 0 Å². The van der Waals surface area contributed by atoms with E-state index in [1.165, 1.54) is 10.4 Å². The fourth-order valence-electron chi connectivity index (χ4n) is 1.12. The molecule has 78 valence electrons. The van der Waals surface area contributed by atoms with Crippen molar-refractivity contribution < 1.29 is 9.90 Å². The minimum Gasteiger partial charge on any atom is -0.481 e. The van der Waals surface area contributed by atoms with Crippen molar-refractivity contribution in [3.05, 3.63) is 20.3 Å². The summed E-state index contributed by atoms with van der Waals surface area (Å²) in [6.45, 7) is 3.79. The summed E-state index contributed by atoms with van der Waals surface area (Å²) in [5.41, 5.74) is 1.23. The predicted molar refractivity (Wildman–Crippen MR) is 61.9 cm³/mol. The molecule has 4 heteroatoms. The lowest BCUT2D eigenvalue weighted by molar-refractivity contribution is -0.141. The average Bonchev–Trinajstić information content (AvgIpc) is 2.44. The van der Waals surface area contributed by atoms with Crippen LogP contribution in [-0.4, -0.2) is 11.1 Å². The van der Waals surface area contributed by atoms with Gasteiger partial charge in [0, 0.05) is 9.35 Å². The SMILES string of the molecule is Cc1csc(CCC(C)C(=O)O)c1Br. The molecule has 0 spiro atoms. The number of aliphatic carboxylic acids is 1. The van der Waals surface area contributed by atoms with Gasteiger partial charge in [0.05, 0.1) is 5.92 Å². The molecular formula is C10H13BrO2S. The maximum Gasteiger partial charge on any atom is 0.306 e. The smallest absolute Gasteiger partial charge is 0.306 e. The lowest BCUT2D eigenvalue weighted by Crippen LogP contribution is -2.09. The summed E-state index contributed by atoms with van der Waals surface area (Å²) < 4.78 is 1.14. The third-order valence-electron chi connectivity index (χ3n) is 2.19. The highest BCUT2D eigenvalue weighted by molar-refractivity contribution is 9.10. The van der Waals surface area contributed by atoms with Crippen LogP contribution in [0.15, 0.2) is 9.85 Å². The van der Waals surface area contributed by atoms with E-state index in [9.17, 15) is 4.79 Å². The summed E-state index contributed by atoms with van der Waals surface area (Å²) in [6, 6.07) is 0. The molecule has 1 atom stereocenters. The Balaban J connectivity index is 2.54. The molecule has 0 aliphatic rings. The molecule has 0 amide bonds. The first-order valence-corrected chi connectivity index (χ1v) is 6.15. The highest BCUT2D eigenvalue weighted by Gasteiger charge is 2.13. The van der Waals surface area contributed by atoms with Gasteiger partial charge in [-0.15, -0.1) is 11.3 Å². The topological polar surface area (TPSA) is 37.3 Å². The number of hydrogen-bond acceptors (Lipinski definition) is 2. The summed E-state index contributed by atoms with van der Waals surface area (Å²) >= 11 is 5.19. The molecule has 14 heavy (non-hydrogen) atoms. The maximum atomic E-state index is 10.6. The van der Waals surface area contributed by atoms with Crippen LogP contribution in [0.3, 0.4) is 0 Å². The Morgan fingerprint density at radius 2 is 2.36 bits per heavy atom. The van der Waals surface area contributed by atoms with Crippen molar-refractivity contribution in [3.8, 4) is 0 Å². The molecule has 0 fully saturated rings. The molecule has 0 saturated carbocycles. The van der Waals surface area contributed by atoms with E-state index in [0.717, 1.165) is 10.9 Å². The molecule has 0 bridgehead atoms. The molecule has 0 aliphatic heterocycles. The second-order valence-electron chi connectivity index (χ2n) is 3.43. The molecule has 2 nitrogen and oxygen atoms in total. The molecule has 1 heterocycles. The van der Waals surface area contributed by atoms with Gasteiger partial charge in [0.2, 0.25) is 0 Å². The van der Waals surface area contributed by atoms with Crippen LogP contribution >= 0.6 is 27.3 Å². The highest BCUT2D eigenvalue weighted by Crippen LogP contribution is 2.29. The third-order valence-corrected chi connectivity index (χ3v) is 4.73. The summed E-state index contributed by atoms with van der Waals surface area (Å²) in [7, 11) is 0. The van der Waals surface area contributed by atoms with Gasteiger partial charge in [-0.3, -0.25) is 4.79 Å². The van der Waals surface area contributed by atoms with E-state index in [2.05, 4.69) is 21.3 Å². The number of carboxylic acids is 1. The van der Waals surface area contributed by atoms with E-state index in [0.29, 0.717) is 6.42 Å². The van der Waals surface area contributed by atoms with Crippen molar-refractivity contribution in [2.24, 2.45) is 5.92 Å². The first-order valence-electron chi connectivity index (χ1n) is 4.47. The Morgan fingerprint density at radius 1 is 1.71 bits per heavy atom. The minimum absolute atomic E-state index is 0.260. The van der Waals surface area contributed by atoms with E-state index in [-0.39, 0.29) is 5.92 Å². The summed E-state index contributed by atoms with van der Waals surface area (Å²) in [6.07, 6.45) is 1.54. The van der Waals surface area contributed by atoms with Gasteiger partial charge in [0.15, 0.2) is 0 Å². The molecule has 1 aromatic rings. The minimum atomic E-state index is -0.714. The number of rotatable bonds is 4. The average molecular weight is 277 g/mol. The van der Waals surface area contributed by atoms with Gasteiger partial charge in [-0.25, -0.2) is 0 Å². The maximum absolute atomic E-state index is 10.6. The fourth-order valence-corrected chi connectivity index (χ4v) is 2.80. The molecule has 1 unspecified atom stereocenters. The van der Waals surface area contributed by atoms with Crippen LogP contribution in [0.5, 0.6) is 0 Å². The Bertz CT molecular complexity index is 333. The molecule has 0 aromatic carbocycles. The van der Waals surface area contributed by atoms with Gasteiger partial charge in [0.1, 0.15) is 0 Å². The summed E-state index contributed by atoms with van der Waals surface area (Å²) in [4.78, 5) is 11.8. The fraction of sp³-hybridized carbons (Fsp3) is 0.500. The van der Waals surface area contributed by atoms with Gasteiger partial charge in [0.25, 0.3) is 0 Å². The zero-order chi connectivity index (χ0) is 10.7. The zero-order valence-electron chi connectivity index (χ0n) is 8.21. The van der Waals surface area contributed by atoms with Crippen LogP contribution in [0.4, 0.5) is 0 Å². The second kappa shape index (κ2) is 4.94. The molecule has 0 radical (unpaired) electrons. The number of halogens is 1. The molecule has 1 rings (SSSR count). The van der Waals surface area contributed by atoms with Crippen LogP contribution in [0.25, 0.3) is 0 Å². The third kappa shape index (κ3) is 2.82. The van der Waals surface area contributed by atoms with Crippen molar-refractivity contribution in [1.29, 1.82) is 0 Å². The highest BCUT2D eigenvalue weighted by atomic mass is 79.9. The summed E-state index contributed by atoms with van der Waals surface area (Å²) in [5, 5.41) is 10.8. The van der Waals surface area contributed by atoms with Crippen molar-refractivity contribution >= 4 is 33.2 Å². The molecule has 1 N–H and O–H groups in total. The number of thiophene rings is 1. The van der Waals surface area contributed by atoms with Crippen molar-refractivity contribution in [3.63, 3.8) is 0 Å². The van der Waals surface area contributed by atoms with Crippen molar-refractivity contribution in [1.82, 2.24) is 0 Å². The van der Waals surface area contributed by atoms with E-state index in [4.69, 9.17) is 5.11 Å². The predicted octanol–water partition coefficient (Wildman–Crippen LogP) is 3.47. The standard InChI is InChI=1S/C10H13BrO2S/c1-6(10(12)13)3-4-8-9(11)7(2)5-14-8/h5-6H,3-4H2,1-2H3,(H,12,13). The van der Waals surface area contributed by atoms with Gasteiger partial charge in [-0.05, 0) is 46.6 Å². The second-order valence-corrected chi connectivity index (χ2v) is 5.19. The molecule has 0 saturated heterocycles. The normalized spacial score (nSPS) is 12.8. The Labute approximate surface area is 96.1 Å². The monoisotopic (exact) mass is 276 g/mol. The van der Waals surface area contributed by atoms with Crippen molar-refractivity contribution in [2.45, 2.75) is 26.7 Å². The van der Waals surface area contributed by atoms with Gasteiger partial charge >= 0.3 is 5.97 Å². The molecule has 1 aromatic heterocycles. The van der Waals surface area contributed by atoms with E-state index >= 15 is 0 Å². The molecular weight excluding hydrogens is 264 g/mol. The van der Waals surface area contributed by atoms with E-state index in [1.807, 2.05) is 6.92 Å². The number of carbonyl (C=O) groups is 1. The lowest BCUT2D eigenvalue weighted by atomic mass is 10.1. The molecule has 0 aliphatic carbocycles. The first-order chi connectivity index (χ1) is 6.52. The Hall–Kier alpha value is -0.350. The summed E-state index contributed by atoms with van der Waals surface area (Å²) in [5.74, 6) is -0.973. The van der Waals surface area contributed by atoms with Gasteiger partial charge < -0.3 is 5.11 Å². The number of aryl methyl sites for hydroxylation is 2. The number of hydrogen-bond donors (Lipinski definition) is 1. The largest absolute Gasteiger partial charge is 0.481 e. The van der Waals surface area contributed by atoms with E-state index < -0.39 is 5.97 Å². The first kappa shape index (κ1) is 11.7. The lowest BCUT2D eigenvalue weighted by Gasteiger charge is -2.04. The van der Waals surface area contributed by atoms with Crippen LogP contribution < -0.4 is 0 Å². The number of carboxylic acid groups (broad SMARTS) is 1. The van der Waals surface area contributed by atoms with Crippen LogP contribution in [0.2, 0.25) is 0 Å². The van der Waals surface area contributed by atoms with Crippen LogP contribution in [0.1, 0.15) is 23.8 Å². The Morgan fingerprint density at radius 3 is 2.79 bits per heavy atom. The van der Waals surface area contributed by atoms with Gasteiger partial charge in [-0.1, -0.05) is 6.92 Å². The van der Waals surface area contributed by atoms with Crippen LogP contribution in [0, 0.1) is 12.8 Å².